The fourth-order valence-electron chi connectivity index (χ4n) is 7.01. The fraction of sp³-hybridized carbons (Fsp3) is 0.629. The Bertz CT molecular complexity index is 1570. The van der Waals surface area contributed by atoms with Gasteiger partial charge in [0.2, 0.25) is 0 Å². The van der Waals surface area contributed by atoms with Crippen molar-refractivity contribution in [3.05, 3.63) is 122 Å². The Hall–Kier alpha value is -4.31. The first-order valence-electron chi connectivity index (χ1n) is 27.7. The summed E-state index contributed by atoms with van der Waals surface area (Å²) in [7, 11) is 5.94. The Labute approximate surface area is 434 Å². The number of aliphatic carboxylic acids is 1. The van der Waals surface area contributed by atoms with Crippen molar-refractivity contribution < 1.29 is 42.9 Å². The molecule has 0 aromatic carbocycles. The van der Waals surface area contributed by atoms with Gasteiger partial charge >= 0.3 is 17.9 Å². The predicted octanol–water partition coefficient (Wildman–Crippen LogP) is 16.1. The number of nitrogens with zero attached hydrogens (tertiary/aromatic N) is 1. The van der Waals surface area contributed by atoms with E-state index in [2.05, 4.69) is 135 Å². The molecule has 0 heterocycles. The Balaban J connectivity index is 4.38. The summed E-state index contributed by atoms with van der Waals surface area (Å²) < 4.78 is 22.8. The van der Waals surface area contributed by atoms with Crippen LogP contribution in [-0.2, 0) is 33.3 Å². The highest BCUT2D eigenvalue weighted by molar-refractivity contribution is 5.71. The van der Waals surface area contributed by atoms with E-state index < -0.39 is 24.3 Å². The molecule has 9 nitrogen and oxygen atoms in total. The second kappa shape index (κ2) is 52.0. The maximum Gasteiger partial charge on any atom is 0.361 e. The minimum atomic E-state index is -1.53. The van der Waals surface area contributed by atoms with Crippen LogP contribution in [-0.4, -0.2) is 87.4 Å². The Morgan fingerprint density at radius 2 is 0.761 bits per heavy atom. The van der Waals surface area contributed by atoms with E-state index in [0.717, 1.165) is 122 Å². The highest BCUT2D eigenvalue weighted by Crippen LogP contribution is 2.14. The molecule has 0 aliphatic rings. The zero-order valence-electron chi connectivity index (χ0n) is 45.6. The van der Waals surface area contributed by atoms with Crippen LogP contribution in [0.3, 0.4) is 0 Å². The second-order valence-electron chi connectivity index (χ2n) is 19.1. The van der Waals surface area contributed by atoms with Gasteiger partial charge in [-0.15, -0.1) is 0 Å². The molecular formula is C62H102NO8+. The van der Waals surface area contributed by atoms with Crippen LogP contribution < -0.4 is 0 Å². The molecule has 0 saturated heterocycles. The van der Waals surface area contributed by atoms with Crippen LogP contribution in [0.25, 0.3) is 0 Å². The molecule has 0 rings (SSSR count). The number of esters is 2. The van der Waals surface area contributed by atoms with Crippen molar-refractivity contribution in [2.45, 2.75) is 206 Å². The van der Waals surface area contributed by atoms with Gasteiger partial charge in [-0.1, -0.05) is 200 Å². The van der Waals surface area contributed by atoms with Crippen LogP contribution in [0.15, 0.2) is 122 Å². The summed E-state index contributed by atoms with van der Waals surface area (Å²) in [4.78, 5) is 37.4. The molecule has 9 heteroatoms. The van der Waals surface area contributed by atoms with Crippen LogP contribution in [0, 0.1) is 0 Å². The number of rotatable bonds is 49. The summed E-state index contributed by atoms with van der Waals surface area (Å²) in [5.74, 6) is -2.06. The minimum Gasteiger partial charge on any atom is -0.477 e. The average Bonchev–Trinajstić information content (AvgIpc) is 3.34. The lowest BCUT2D eigenvalue weighted by Gasteiger charge is -2.25. The number of hydrogen-bond donors (Lipinski definition) is 1. The van der Waals surface area contributed by atoms with Gasteiger partial charge in [0.05, 0.1) is 34.4 Å². The number of carboxylic acids is 1. The lowest BCUT2D eigenvalue weighted by molar-refractivity contribution is -0.870. The lowest BCUT2D eigenvalue weighted by atomic mass is 10.1. The van der Waals surface area contributed by atoms with Crippen LogP contribution in [0.4, 0.5) is 0 Å². The Kier molecular flexibility index (Phi) is 48.9. The molecule has 0 saturated carbocycles. The largest absolute Gasteiger partial charge is 0.477 e. The molecule has 0 aromatic rings. The van der Waals surface area contributed by atoms with Crippen molar-refractivity contribution in [3.63, 3.8) is 0 Å². The van der Waals surface area contributed by atoms with Crippen molar-refractivity contribution in [1.82, 2.24) is 0 Å². The normalized spacial score (nSPS) is 13.8. The Morgan fingerprint density at radius 3 is 1.13 bits per heavy atom. The zero-order chi connectivity index (χ0) is 52.0. The van der Waals surface area contributed by atoms with Gasteiger partial charge in [-0.2, -0.15) is 0 Å². The van der Waals surface area contributed by atoms with E-state index in [0.29, 0.717) is 17.4 Å². The number of carbonyl (C=O) groups excluding carboxylic acids is 2. The summed E-state index contributed by atoms with van der Waals surface area (Å²) in [6, 6.07) is 0. The maximum atomic E-state index is 12.9. The highest BCUT2D eigenvalue weighted by atomic mass is 16.7. The van der Waals surface area contributed by atoms with Gasteiger partial charge in [-0.3, -0.25) is 9.59 Å². The van der Waals surface area contributed by atoms with Crippen LogP contribution in [0.1, 0.15) is 194 Å². The smallest absolute Gasteiger partial charge is 0.361 e. The standard InChI is InChI=1S/C62H101NO8/c1-6-8-10-12-14-16-18-20-22-24-26-28-30-32-34-36-38-40-42-44-46-48-50-52-59(64)69-56-58(57-70-62(61(66)67)68-55-54-63(3,4)5)71-60(65)53-51-49-47-45-43-41-39-37-35-33-31-29-27-25-23-21-19-17-15-13-11-9-7-2/h8-11,14-17,20-23,26-29,33,35,39,41,58,62H,6-7,12-13,18-19,24-25,30-32,34,36-38,40,42-57H2,1-5H3/p+1/b10-8-,11-9-,16-14-,17-15-,22-20-,23-21-,28-26-,29-27-,35-33-,41-39-. The third kappa shape index (κ3) is 53.3. The molecule has 0 amide bonds. The van der Waals surface area contributed by atoms with E-state index in [9.17, 15) is 19.5 Å². The first kappa shape index (κ1) is 66.7. The van der Waals surface area contributed by atoms with Gasteiger partial charge in [-0.25, -0.2) is 4.79 Å². The molecule has 402 valence electrons. The van der Waals surface area contributed by atoms with E-state index in [4.69, 9.17) is 18.9 Å². The number of hydrogen-bond acceptors (Lipinski definition) is 7. The van der Waals surface area contributed by atoms with Gasteiger partial charge in [0.15, 0.2) is 6.10 Å². The third-order valence-electron chi connectivity index (χ3n) is 11.2. The van der Waals surface area contributed by atoms with Crippen molar-refractivity contribution in [2.75, 3.05) is 47.5 Å². The van der Waals surface area contributed by atoms with E-state index in [1.807, 2.05) is 21.1 Å². The van der Waals surface area contributed by atoms with E-state index in [1.54, 1.807) is 0 Å². The van der Waals surface area contributed by atoms with Crippen LogP contribution >= 0.6 is 0 Å². The van der Waals surface area contributed by atoms with Gasteiger partial charge in [0.1, 0.15) is 13.2 Å². The van der Waals surface area contributed by atoms with E-state index in [-0.39, 0.29) is 38.6 Å². The molecule has 2 atom stereocenters. The monoisotopic (exact) mass is 989 g/mol. The molecule has 0 radical (unpaired) electrons. The number of unbranched alkanes of at least 4 members (excludes halogenated alkanes) is 14. The molecule has 0 bridgehead atoms. The molecule has 71 heavy (non-hydrogen) atoms. The van der Waals surface area contributed by atoms with Gasteiger partial charge < -0.3 is 28.5 Å². The first-order valence-corrected chi connectivity index (χ1v) is 27.7. The zero-order valence-corrected chi connectivity index (χ0v) is 45.6. The van der Waals surface area contributed by atoms with E-state index >= 15 is 0 Å². The number of carboxylic acid groups (broad SMARTS) is 1. The number of likely N-dealkylation sites (N-methyl/N-ethyl adjacent to an activating group) is 1. The minimum absolute atomic E-state index is 0.174. The van der Waals surface area contributed by atoms with Gasteiger partial charge in [0.25, 0.3) is 6.29 Å². The maximum absolute atomic E-state index is 12.9. The van der Waals surface area contributed by atoms with Crippen molar-refractivity contribution in [2.24, 2.45) is 0 Å². The van der Waals surface area contributed by atoms with Gasteiger partial charge in [-0.05, 0) is 103 Å². The summed E-state index contributed by atoms with van der Waals surface area (Å²) in [5, 5.41) is 9.70. The second-order valence-corrected chi connectivity index (χ2v) is 19.1. The lowest BCUT2D eigenvalue weighted by Crippen LogP contribution is -2.40. The third-order valence-corrected chi connectivity index (χ3v) is 11.2. The average molecular weight is 989 g/mol. The van der Waals surface area contributed by atoms with E-state index in [1.165, 1.54) is 38.5 Å². The molecule has 0 spiro atoms. The molecule has 0 fully saturated rings. The summed E-state index contributed by atoms with van der Waals surface area (Å²) in [6.45, 7) is 4.59. The molecule has 2 unspecified atom stereocenters. The topological polar surface area (TPSA) is 108 Å². The Morgan fingerprint density at radius 1 is 0.423 bits per heavy atom. The summed E-state index contributed by atoms with van der Waals surface area (Å²) in [6.07, 6.45) is 69.8. The number of carbonyl (C=O) groups is 3. The molecule has 1 N–H and O–H groups in total. The first-order chi connectivity index (χ1) is 34.6. The fourth-order valence-corrected chi connectivity index (χ4v) is 7.01. The van der Waals surface area contributed by atoms with Gasteiger partial charge in [0, 0.05) is 12.8 Å². The predicted molar refractivity (Wildman–Crippen MR) is 299 cm³/mol. The highest BCUT2D eigenvalue weighted by Gasteiger charge is 2.25. The van der Waals surface area contributed by atoms with Crippen molar-refractivity contribution in [3.8, 4) is 0 Å². The quantitative estimate of drug-likeness (QED) is 0.0211. The summed E-state index contributed by atoms with van der Waals surface area (Å²) in [5.41, 5.74) is 0. The number of allylic oxidation sites excluding steroid dienone is 20. The number of quaternary nitrogens is 1. The number of ether oxygens (including phenoxy) is 4. The molecule has 0 aliphatic carbocycles. The van der Waals surface area contributed by atoms with Crippen LogP contribution in [0.2, 0.25) is 0 Å². The molecule has 0 aliphatic heterocycles. The van der Waals surface area contributed by atoms with Crippen LogP contribution in [0.5, 0.6) is 0 Å². The summed E-state index contributed by atoms with van der Waals surface area (Å²) >= 11 is 0. The molecular weight excluding hydrogens is 887 g/mol. The van der Waals surface area contributed by atoms with Crippen molar-refractivity contribution >= 4 is 17.9 Å². The molecule has 0 aromatic heterocycles. The van der Waals surface area contributed by atoms with Crippen molar-refractivity contribution in [1.29, 1.82) is 0 Å². The SMILES string of the molecule is CC/C=C\C/C=C\C/C=C\C/C=C\C/C=C\C/C=C\CCCCCCC(=O)OC(COC(=O)CCCCCCCCCCCC/C=C\C/C=C\C/C=C\C/C=C\CC)COC(OCC[N+](C)(C)C)C(=O)O.